The van der Waals surface area contributed by atoms with Crippen molar-refractivity contribution in [3.05, 3.63) is 60.2 Å². The van der Waals surface area contributed by atoms with E-state index in [0.29, 0.717) is 13.0 Å². The van der Waals surface area contributed by atoms with Crippen molar-refractivity contribution in [2.75, 3.05) is 13.1 Å². The van der Waals surface area contributed by atoms with Crippen molar-refractivity contribution in [1.82, 2.24) is 14.9 Å². The monoisotopic (exact) mass is 295 g/mol. The molecule has 0 bridgehead atoms. The van der Waals surface area contributed by atoms with Gasteiger partial charge in [-0.2, -0.15) is 0 Å². The molecule has 114 valence electrons. The molecule has 22 heavy (non-hydrogen) atoms. The van der Waals surface area contributed by atoms with Crippen LogP contribution in [0.1, 0.15) is 31.0 Å². The zero-order valence-electron chi connectivity index (χ0n) is 12.9. The van der Waals surface area contributed by atoms with Crippen molar-refractivity contribution in [3.8, 4) is 0 Å². The van der Waals surface area contributed by atoms with Gasteiger partial charge in [-0.15, -0.1) is 0 Å². The molecule has 3 rings (SSSR count). The summed E-state index contributed by atoms with van der Waals surface area (Å²) in [5, 5.41) is 0. The Labute approximate surface area is 131 Å². The minimum absolute atomic E-state index is 0.0392. The van der Waals surface area contributed by atoms with Crippen LogP contribution in [0.25, 0.3) is 0 Å². The van der Waals surface area contributed by atoms with Gasteiger partial charge in [0.25, 0.3) is 0 Å². The number of carbonyl (C=O) groups is 1. The van der Waals surface area contributed by atoms with Crippen LogP contribution < -0.4 is 0 Å². The first-order chi connectivity index (χ1) is 10.7. The Morgan fingerprint density at radius 3 is 2.77 bits per heavy atom. The minimum Gasteiger partial charge on any atom is -0.341 e. The van der Waals surface area contributed by atoms with Crippen LogP contribution in [0.3, 0.4) is 0 Å². The summed E-state index contributed by atoms with van der Waals surface area (Å²) in [6, 6.07) is 10.5. The van der Waals surface area contributed by atoms with E-state index in [-0.39, 0.29) is 11.3 Å². The first-order valence-corrected chi connectivity index (χ1v) is 7.76. The highest BCUT2D eigenvalue weighted by Crippen LogP contribution is 2.33. The van der Waals surface area contributed by atoms with E-state index in [9.17, 15) is 4.79 Å². The molecule has 0 aliphatic carbocycles. The van der Waals surface area contributed by atoms with Crippen LogP contribution in [0.15, 0.2) is 48.9 Å². The smallest absolute Gasteiger partial charge is 0.222 e. The number of hydrogen-bond acceptors (Lipinski definition) is 3. The third kappa shape index (κ3) is 3.16. The number of carbonyl (C=O) groups excluding carboxylic acids is 1. The molecule has 1 fully saturated rings. The van der Waals surface area contributed by atoms with Gasteiger partial charge < -0.3 is 4.90 Å². The molecule has 0 saturated carbocycles. The number of aromatic nitrogens is 2. The van der Waals surface area contributed by atoms with E-state index in [4.69, 9.17) is 0 Å². The topological polar surface area (TPSA) is 46.1 Å². The SMILES string of the molecule is C[C@]1(c2ccccc2)CCC(=O)N(CCc2cnccn2)C1. The molecule has 0 spiro atoms. The summed E-state index contributed by atoms with van der Waals surface area (Å²) >= 11 is 0. The van der Waals surface area contributed by atoms with Crippen LogP contribution >= 0.6 is 0 Å². The largest absolute Gasteiger partial charge is 0.341 e. The maximum Gasteiger partial charge on any atom is 0.222 e. The number of benzene rings is 1. The van der Waals surface area contributed by atoms with Crippen LogP contribution in [0, 0.1) is 0 Å². The van der Waals surface area contributed by atoms with Crippen LogP contribution in [0.4, 0.5) is 0 Å². The molecule has 0 radical (unpaired) electrons. The molecule has 2 aromatic rings. The summed E-state index contributed by atoms with van der Waals surface area (Å²) in [4.78, 5) is 22.6. The molecule has 1 aromatic carbocycles. The summed E-state index contributed by atoms with van der Waals surface area (Å²) in [6.07, 6.45) is 7.42. The molecule has 4 nitrogen and oxygen atoms in total. The summed E-state index contributed by atoms with van der Waals surface area (Å²) in [5.74, 6) is 0.247. The van der Waals surface area contributed by atoms with Gasteiger partial charge in [0.05, 0.1) is 5.69 Å². The maximum atomic E-state index is 12.2. The van der Waals surface area contributed by atoms with E-state index in [1.807, 2.05) is 11.0 Å². The predicted molar refractivity (Wildman–Crippen MR) is 85.3 cm³/mol. The molecule has 1 amide bonds. The van der Waals surface area contributed by atoms with Crippen molar-refractivity contribution in [2.24, 2.45) is 0 Å². The highest BCUT2D eigenvalue weighted by Gasteiger charge is 2.35. The lowest BCUT2D eigenvalue weighted by molar-refractivity contribution is -0.135. The van der Waals surface area contributed by atoms with Gasteiger partial charge >= 0.3 is 0 Å². The molecule has 1 aliphatic rings. The number of likely N-dealkylation sites (tertiary alicyclic amines) is 1. The van der Waals surface area contributed by atoms with Crippen molar-refractivity contribution < 1.29 is 4.79 Å². The fourth-order valence-electron chi connectivity index (χ4n) is 3.12. The average Bonchev–Trinajstić information content (AvgIpc) is 2.58. The Kier molecular flexibility index (Phi) is 4.18. The second kappa shape index (κ2) is 6.26. The Hall–Kier alpha value is -2.23. The Morgan fingerprint density at radius 1 is 1.23 bits per heavy atom. The third-order valence-electron chi connectivity index (χ3n) is 4.51. The summed E-state index contributed by atoms with van der Waals surface area (Å²) in [5.41, 5.74) is 2.28. The fourth-order valence-corrected chi connectivity index (χ4v) is 3.12. The number of piperidine rings is 1. The van der Waals surface area contributed by atoms with Gasteiger partial charge in [-0.05, 0) is 12.0 Å². The first-order valence-electron chi connectivity index (χ1n) is 7.76. The second-order valence-electron chi connectivity index (χ2n) is 6.19. The number of hydrogen-bond donors (Lipinski definition) is 0. The van der Waals surface area contributed by atoms with Gasteiger partial charge in [0.15, 0.2) is 0 Å². The van der Waals surface area contributed by atoms with Crippen LogP contribution in [-0.2, 0) is 16.6 Å². The van der Waals surface area contributed by atoms with E-state index in [1.54, 1.807) is 18.6 Å². The summed E-state index contributed by atoms with van der Waals surface area (Å²) in [6.45, 7) is 3.74. The maximum absolute atomic E-state index is 12.2. The fraction of sp³-hybridized carbons (Fsp3) is 0.389. The average molecular weight is 295 g/mol. The van der Waals surface area contributed by atoms with E-state index in [1.165, 1.54) is 5.56 Å². The lowest BCUT2D eigenvalue weighted by atomic mass is 9.75. The number of amides is 1. The van der Waals surface area contributed by atoms with E-state index in [2.05, 4.69) is 41.2 Å². The molecule has 1 atom stereocenters. The van der Waals surface area contributed by atoms with Gasteiger partial charge in [0.1, 0.15) is 0 Å². The Balaban J connectivity index is 1.70. The molecule has 2 heterocycles. The molecule has 0 N–H and O–H groups in total. The van der Waals surface area contributed by atoms with E-state index < -0.39 is 0 Å². The molecule has 1 aliphatic heterocycles. The minimum atomic E-state index is 0.0392. The molecule has 4 heteroatoms. The molecular weight excluding hydrogens is 274 g/mol. The standard InChI is InChI=1S/C18H21N3O/c1-18(15-5-3-2-4-6-15)9-7-17(22)21(14-18)12-8-16-13-19-10-11-20-16/h2-6,10-11,13H,7-9,12,14H2,1H3/t18-/m0/s1. The van der Waals surface area contributed by atoms with Crippen molar-refractivity contribution in [3.63, 3.8) is 0 Å². The zero-order valence-corrected chi connectivity index (χ0v) is 12.9. The molecular formula is C18H21N3O. The molecule has 1 aromatic heterocycles. The van der Waals surface area contributed by atoms with Gasteiger partial charge in [-0.3, -0.25) is 14.8 Å². The van der Waals surface area contributed by atoms with Gasteiger partial charge in [0, 0.05) is 49.9 Å². The lowest BCUT2D eigenvalue weighted by Crippen LogP contribution is -2.48. The Morgan fingerprint density at radius 2 is 2.05 bits per heavy atom. The predicted octanol–water partition coefficient (Wildman–Crippen LogP) is 2.60. The van der Waals surface area contributed by atoms with Gasteiger partial charge in [-0.25, -0.2) is 0 Å². The normalized spacial score (nSPS) is 21.9. The van der Waals surface area contributed by atoms with Crippen molar-refractivity contribution in [1.29, 1.82) is 0 Å². The number of rotatable bonds is 4. The highest BCUT2D eigenvalue weighted by atomic mass is 16.2. The van der Waals surface area contributed by atoms with E-state index >= 15 is 0 Å². The second-order valence-corrected chi connectivity index (χ2v) is 6.19. The van der Waals surface area contributed by atoms with Crippen LogP contribution in [-0.4, -0.2) is 33.9 Å². The number of nitrogens with zero attached hydrogens (tertiary/aromatic N) is 3. The Bertz CT molecular complexity index is 629. The summed E-state index contributed by atoms with van der Waals surface area (Å²) in [7, 11) is 0. The first kappa shape index (κ1) is 14.7. The zero-order chi connectivity index (χ0) is 15.4. The van der Waals surface area contributed by atoms with Gasteiger partial charge in [-0.1, -0.05) is 37.3 Å². The van der Waals surface area contributed by atoms with Gasteiger partial charge in [0.2, 0.25) is 5.91 Å². The quantitative estimate of drug-likeness (QED) is 0.871. The highest BCUT2D eigenvalue weighted by molar-refractivity contribution is 5.77. The molecule has 1 saturated heterocycles. The van der Waals surface area contributed by atoms with E-state index in [0.717, 1.165) is 25.1 Å². The molecule has 0 unspecified atom stereocenters. The van der Waals surface area contributed by atoms with Crippen molar-refractivity contribution in [2.45, 2.75) is 31.6 Å². The van der Waals surface area contributed by atoms with Crippen LogP contribution in [0.5, 0.6) is 0 Å². The van der Waals surface area contributed by atoms with Crippen LogP contribution in [0.2, 0.25) is 0 Å². The lowest BCUT2D eigenvalue weighted by Gasteiger charge is -2.40. The van der Waals surface area contributed by atoms with Crippen molar-refractivity contribution >= 4 is 5.91 Å². The summed E-state index contributed by atoms with van der Waals surface area (Å²) < 4.78 is 0. The third-order valence-corrected chi connectivity index (χ3v) is 4.51.